The highest BCUT2D eigenvalue weighted by Gasteiger charge is 2.27. The van der Waals surface area contributed by atoms with Gasteiger partial charge in [-0.05, 0) is 6.42 Å². The van der Waals surface area contributed by atoms with Crippen molar-refractivity contribution >= 4 is 29.8 Å². The Hall–Kier alpha value is -0.680. The summed E-state index contributed by atoms with van der Waals surface area (Å²) in [7, 11) is 0. The lowest BCUT2D eigenvalue weighted by Gasteiger charge is -2.01. The number of hydrogen-bond donors (Lipinski definition) is 1. The van der Waals surface area contributed by atoms with Crippen LogP contribution in [0.1, 0.15) is 6.42 Å². The summed E-state index contributed by atoms with van der Waals surface area (Å²) in [6.07, 6.45) is 0.691. The van der Waals surface area contributed by atoms with E-state index in [2.05, 4.69) is 4.72 Å². The fourth-order valence-corrected chi connectivity index (χ4v) is 1.71. The fraction of sp³-hybridized carbons (Fsp3) is 0.500. The van der Waals surface area contributed by atoms with Crippen molar-refractivity contribution < 1.29 is 14.4 Å². The predicted octanol–water partition coefficient (Wildman–Crippen LogP) is -0.666. The lowest BCUT2D eigenvalue weighted by atomic mass is 10.1. The van der Waals surface area contributed by atoms with Crippen molar-refractivity contribution in [3.05, 3.63) is 0 Å². The molecule has 0 radical (unpaired) electrons. The Balaban J connectivity index is 2.52. The smallest absolute Gasteiger partial charge is 0.262 e. The molecule has 1 fully saturated rings. The standard InChI is InChI=1S/C6H7NO3S/c8-3-5(9)6(10)4-1-2-11-7-4/h3-4,7H,1-2H2. The number of Topliss-reactive ketones (excluding diaryl/α,β-unsaturated/α-hetero) is 2. The topological polar surface area (TPSA) is 63.2 Å². The minimum atomic E-state index is -0.940. The van der Waals surface area contributed by atoms with Crippen molar-refractivity contribution in [1.82, 2.24) is 4.72 Å². The summed E-state index contributed by atoms with van der Waals surface area (Å²) in [5, 5.41) is 0. The number of rotatable bonds is 3. The molecule has 1 N–H and O–H groups in total. The molecule has 1 unspecified atom stereocenters. The molecule has 4 nitrogen and oxygen atoms in total. The largest absolute Gasteiger partial charge is 0.294 e. The zero-order valence-corrected chi connectivity index (χ0v) is 6.52. The maximum absolute atomic E-state index is 10.9. The average molecular weight is 173 g/mol. The molecule has 1 aliphatic heterocycles. The van der Waals surface area contributed by atoms with Crippen LogP contribution in [-0.4, -0.2) is 29.6 Å². The van der Waals surface area contributed by atoms with Gasteiger partial charge in [0.15, 0.2) is 6.29 Å². The van der Waals surface area contributed by atoms with Crippen LogP contribution in [0.5, 0.6) is 0 Å². The highest BCUT2D eigenvalue weighted by Crippen LogP contribution is 2.13. The van der Waals surface area contributed by atoms with E-state index in [1.807, 2.05) is 0 Å². The maximum Gasteiger partial charge on any atom is 0.262 e. The molecular formula is C6H7NO3S. The Morgan fingerprint density at radius 1 is 1.55 bits per heavy atom. The van der Waals surface area contributed by atoms with Crippen molar-refractivity contribution in [3.63, 3.8) is 0 Å². The number of carbonyl (C=O) groups is 3. The SMILES string of the molecule is O=CC(=O)C(=O)C1CCSN1. The molecule has 0 aliphatic carbocycles. The van der Waals surface area contributed by atoms with E-state index in [1.54, 1.807) is 0 Å². The molecule has 0 aromatic rings. The zero-order chi connectivity index (χ0) is 8.27. The first kappa shape index (κ1) is 8.42. The van der Waals surface area contributed by atoms with Gasteiger partial charge in [0.2, 0.25) is 5.78 Å². The first-order chi connectivity index (χ1) is 5.25. The molecule has 0 aromatic heterocycles. The van der Waals surface area contributed by atoms with E-state index in [1.165, 1.54) is 11.9 Å². The molecule has 60 valence electrons. The van der Waals surface area contributed by atoms with Gasteiger partial charge in [-0.25, -0.2) is 0 Å². The van der Waals surface area contributed by atoms with Gasteiger partial charge in [-0.3, -0.25) is 19.1 Å². The normalized spacial score (nSPS) is 23.1. The second-order valence-corrected chi connectivity index (χ2v) is 3.09. The second kappa shape index (κ2) is 3.64. The van der Waals surface area contributed by atoms with Crippen molar-refractivity contribution in [2.75, 3.05) is 5.75 Å². The number of aldehydes is 1. The molecule has 1 aliphatic rings. The highest BCUT2D eigenvalue weighted by molar-refractivity contribution is 7.97. The van der Waals surface area contributed by atoms with E-state index >= 15 is 0 Å². The van der Waals surface area contributed by atoms with Gasteiger partial charge in [-0.15, -0.1) is 0 Å². The van der Waals surface area contributed by atoms with Gasteiger partial charge in [0.1, 0.15) is 0 Å². The molecule has 1 heterocycles. The Morgan fingerprint density at radius 2 is 2.27 bits per heavy atom. The molecule has 5 heteroatoms. The molecule has 1 atom stereocenters. The zero-order valence-electron chi connectivity index (χ0n) is 5.70. The Morgan fingerprint density at radius 3 is 2.73 bits per heavy atom. The third-order valence-electron chi connectivity index (χ3n) is 1.40. The van der Waals surface area contributed by atoms with Crippen LogP contribution in [0.3, 0.4) is 0 Å². The van der Waals surface area contributed by atoms with Crippen LogP contribution in [0.2, 0.25) is 0 Å². The predicted molar refractivity (Wildman–Crippen MR) is 40.1 cm³/mol. The molecule has 1 rings (SSSR count). The molecule has 0 saturated carbocycles. The molecule has 0 amide bonds. The molecular weight excluding hydrogens is 166 g/mol. The molecule has 0 aromatic carbocycles. The van der Waals surface area contributed by atoms with Gasteiger partial charge in [0.25, 0.3) is 5.78 Å². The van der Waals surface area contributed by atoms with E-state index in [0.29, 0.717) is 6.42 Å². The van der Waals surface area contributed by atoms with E-state index < -0.39 is 17.6 Å². The number of ketones is 2. The van der Waals surface area contributed by atoms with Gasteiger partial charge in [0.05, 0.1) is 6.04 Å². The van der Waals surface area contributed by atoms with Crippen LogP contribution in [0.4, 0.5) is 0 Å². The lowest BCUT2D eigenvalue weighted by Crippen LogP contribution is -2.34. The summed E-state index contributed by atoms with van der Waals surface area (Å²) in [5.41, 5.74) is 0. The Kier molecular flexibility index (Phi) is 2.78. The van der Waals surface area contributed by atoms with Crippen molar-refractivity contribution in [1.29, 1.82) is 0 Å². The first-order valence-corrected chi connectivity index (χ1v) is 4.15. The Bertz CT molecular complexity index is 198. The van der Waals surface area contributed by atoms with Gasteiger partial charge in [-0.1, -0.05) is 11.9 Å². The van der Waals surface area contributed by atoms with Gasteiger partial charge in [-0.2, -0.15) is 0 Å². The fourth-order valence-electron chi connectivity index (χ4n) is 0.810. The number of hydrogen-bond acceptors (Lipinski definition) is 5. The summed E-state index contributed by atoms with van der Waals surface area (Å²) < 4.78 is 2.76. The summed E-state index contributed by atoms with van der Waals surface area (Å²) in [4.78, 5) is 31.3. The van der Waals surface area contributed by atoms with Crippen molar-refractivity contribution in [2.45, 2.75) is 12.5 Å². The quantitative estimate of drug-likeness (QED) is 0.265. The highest BCUT2D eigenvalue weighted by atomic mass is 32.2. The molecule has 0 spiro atoms. The minimum Gasteiger partial charge on any atom is -0.294 e. The van der Waals surface area contributed by atoms with E-state index in [4.69, 9.17) is 0 Å². The molecule has 1 saturated heterocycles. The monoisotopic (exact) mass is 173 g/mol. The third kappa shape index (κ3) is 1.87. The summed E-state index contributed by atoms with van der Waals surface area (Å²) in [6.45, 7) is 0. The van der Waals surface area contributed by atoms with Crippen LogP contribution >= 0.6 is 11.9 Å². The third-order valence-corrected chi connectivity index (χ3v) is 2.29. The minimum absolute atomic E-state index is 0.0625. The summed E-state index contributed by atoms with van der Waals surface area (Å²) >= 11 is 1.40. The lowest BCUT2D eigenvalue weighted by molar-refractivity contribution is -0.140. The van der Waals surface area contributed by atoms with Crippen LogP contribution in [0.25, 0.3) is 0 Å². The molecule has 11 heavy (non-hydrogen) atoms. The van der Waals surface area contributed by atoms with E-state index in [9.17, 15) is 14.4 Å². The van der Waals surface area contributed by atoms with Gasteiger partial charge in [0, 0.05) is 5.75 Å². The van der Waals surface area contributed by atoms with E-state index in [-0.39, 0.29) is 6.29 Å². The number of nitrogens with one attached hydrogen (secondary N) is 1. The summed E-state index contributed by atoms with van der Waals surface area (Å²) in [6, 6.07) is -0.447. The average Bonchev–Trinajstić information content (AvgIpc) is 2.53. The second-order valence-electron chi connectivity index (χ2n) is 2.15. The van der Waals surface area contributed by atoms with Crippen LogP contribution in [0.15, 0.2) is 0 Å². The molecule has 0 bridgehead atoms. The van der Waals surface area contributed by atoms with E-state index in [0.717, 1.165) is 5.75 Å². The maximum atomic E-state index is 10.9. The van der Waals surface area contributed by atoms with Crippen LogP contribution < -0.4 is 4.72 Å². The van der Waals surface area contributed by atoms with Crippen LogP contribution in [-0.2, 0) is 14.4 Å². The Labute approximate surface area is 67.9 Å². The summed E-state index contributed by atoms with van der Waals surface area (Å²) in [5.74, 6) is -0.752. The number of carbonyl (C=O) groups excluding carboxylic acids is 3. The van der Waals surface area contributed by atoms with Crippen molar-refractivity contribution in [2.24, 2.45) is 0 Å². The van der Waals surface area contributed by atoms with Gasteiger partial charge >= 0.3 is 0 Å². The van der Waals surface area contributed by atoms with Crippen molar-refractivity contribution in [3.8, 4) is 0 Å². The van der Waals surface area contributed by atoms with Gasteiger partial charge < -0.3 is 0 Å². The van der Waals surface area contributed by atoms with Crippen LogP contribution in [0, 0.1) is 0 Å². The first-order valence-electron chi connectivity index (χ1n) is 3.16.